The van der Waals surface area contributed by atoms with Crippen LogP contribution in [-0.2, 0) is 11.3 Å². The van der Waals surface area contributed by atoms with E-state index in [2.05, 4.69) is 10.6 Å². The van der Waals surface area contributed by atoms with E-state index >= 15 is 0 Å². The van der Waals surface area contributed by atoms with E-state index in [0.717, 1.165) is 5.56 Å². The summed E-state index contributed by atoms with van der Waals surface area (Å²) >= 11 is 5.51. The van der Waals surface area contributed by atoms with Gasteiger partial charge in [0.15, 0.2) is 0 Å². The molecule has 1 aromatic carbocycles. The van der Waals surface area contributed by atoms with E-state index in [0.29, 0.717) is 25.4 Å². The lowest BCUT2D eigenvalue weighted by molar-refractivity contribution is -0.117. The van der Waals surface area contributed by atoms with Gasteiger partial charge in [-0.15, -0.1) is 11.6 Å². The summed E-state index contributed by atoms with van der Waals surface area (Å²) in [5.41, 5.74) is 1.14. The van der Waals surface area contributed by atoms with Crippen molar-refractivity contribution in [2.24, 2.45) is 0 Å². The van der Waals surface area contributed by atoms with E-state index in [-0.39, 0.29) is 11.5 Å². The zero-order valence-electron chi connectivity index (χ0n) is 10.5. The maximum absolute atomic E-state index is 11.6. The van der Waals surface area contributed by atoms with Crippen LogP contribution in [0.1, 0.15) is 12.0 Å². The number of nitrogens with one attached hydrogen (secondary N) is 2. The topological polar surface area (TPSA) is 64.9 Å². The molecule has 0 fully saturated rings. The Morgan fingerprint density at radius 3 is 2.74 bits per heavy atom. The quantitative estimate of drug-likeness (QED) is 0.346. The van der Waals surface area contributed by atoms with Gasteiger partial charge in [0.25, 0.3) is 5.91 Å². The van der Waals surface area contributed by atoms with Crippen LogP contribution in [0.5, 0.6) is 0 Å². The van der Waals surface area contributed by atoms with Gasteiger partial charge in [-0.2, -0.15) is 5.26 Å². The van der Waals surface area contributed by atoms with Gasteiger partial charge < -0.3 is 10.6 Å². The summed E-state index contributed by atoms with van der Waals surface area (Å²) in [6.45, 7) is 1.04. The second-order valence-electron chi connectivity index (χ2n) is 3.83. The van der Waals surface area contributed by atoms with Gasteiger partial charge in [0.2, 0.25) is 0 Å². The van der Waals surface area contributed by atoms with Gasteiger partial charge in [-0.3, -0.25) is 4.79 Å². The number of halogens is 1. The Balaban J connectivity index is 2.44. The number of benzene rings is 1. The molecule has 0 aromatic heterocycles. The zero-order chi connectivity index (χ0) is 13.9. The number of nitrogens with zero attached hydrogens (tertiary/aromatic N) is 1. The first-order valence-electron chi connectivity index (χ1n) is 5.99. The predicted octanol–water partition coefficient (Wildman–Crippen LogP) is 1.93. The van der Waals surface area contributed by atoms with Crippen molar-refractivity contribution in [3.63, 3.8) is 0 Å². The molecule has 5 heteroatoms. The number of hydrogen-bond acceptors (Lipinski definition) is 3. The summed E-state index contributed by atoms with van der Waals surface area (Å²) in [7, 11) is 0. The summed E-state index contributed by atoms with van der Waals surface area (Å²) in [6.07, 6.45) is 2.12. The highest BCUT2D eigenvalue weighted by Gasteiger charge is 2.07. The number of carbonyl (C=O) groups is 1. The van der Waals surface area contributed by atoms with Gasteiger partial charge in [0, 0.05) is 25.2 Å². The molecule has 100 valence electrons. The fourth-order valence-electron chi connectivity index (χ4n) is 1.38. The Morgan fingerprint density at radius 1 is 1.37 bits per heavy atom. The molecule has 0 saturated carbocycles. The van der Waals surface area contributed by atoms with Crippen LogP contribution in [0.4, 0.5) is 0 Å². The van der Waals surface area contributed by atoms with E-state index in [1.165, 1.54) is 6.20 Å². The van der Waals surface area contributed by atoms with E-state index < -0.39 is 0 Å². The average Bonchev–Trinajstić information content (AvgIpc) is 2.45. The first-order chi connectivity index (χ1) is 9.27. The predicted molar refractivity (Wildman–Crippen MR) is 75.3 cm³/mol. The Kier molecular flexibility index (Phi) is 7.14. The van der Waals surface area contributed by atoms with Crippen LogP contribution < -0.4 is 10.6 Å². The molecule has 0 saturated heterocycles. The largest absolute Gasteiger partial charge is 0.386 e. The van der Waals surface area contributed by atoms with Crippen LogP contribution in [0, 0.1) is 11.3 Å². The molecule has 1 rings (SSSR count). The summed E-state index contributed by atoms with van der Waals surface area (Å²) in [4.78, 5) is 11.6. The van der Waals surface area contributed by atoms with E-state index in [1.807, 2.05) is 36.4 Å². The third-order valence-corrected chi connectivity index (χ3v) is 2.62. The summed E-state index contributed by atoms with van der Waals surface area (Å²) < 4.78 is 0. The number of nitriles is 1. The molecule has 1 amide bonds. The minimum Gasteiger partial charge on any atom is -0.386 e. The van der Waals surface area contributed by atoms with Crippen molar-refractivity contribution in [3.8, 4) is 6.07 Å². The minimum absolute atomic E-state index is 0.0607. The standard InChI is InChI=1S/C14H16ClN3O/c15-7-4-8-18-14(19)13(9-16)11-17-10-12-5-2-1-3-6-12/h1-3,5-6,11,17H,4,7-8,10H2,(H,18,19)/b13-11-. The zero-order valence-corrected chi connectivity index (χ0v) is 11.3. The van der Waals surface area contributed by atoms with Crippen molar-refractivity contribution in [2.75, 3.05) is 12.4 Å². The third-order valence-electron chi connectivity index (χ3n) is 2.36. The molecule has 0 atom stereocenters. The molecule has 2 N–H and O–H groups in total. The first-order valence-corrected chi connectivity index (χ1v) is 6.53. The number of carbonyl (C=O) groups excluding carboxylic acids is 1. The Hall–Kier alpha value is -1.99. The molecule has 4 nitrogen and oxygen atoms in total. The Morgan fingerprint density at radius 2 is 2.11 bits per heavy atom. The van der Waals surface area contributed by atoms with Crippen molar-refractivity contribution < 1.29 is 4.79 Å². The van der Waals surface area contributed by atoms with Crippen LogP contribution in [0.15, 0.2) is 42.1 Å². The molecule has 0 bridgehead atoms. The van der Waals surface area contributed by atoms with Crippen molar-refractivity contribution in [1.29, 1.82) is 5.26 Å². The SMILES string of the molecule is N#C/C(=C/NCc1ccccc1)C(=O)NCCCCl. The van der Waals surface area contributed by atoms with Gasteiger partial charge in [-0.05, 0) is 12.0 Å². The maximum atomic E-state index is 11.6. The van der Waals surface area contributed by atoms with Gasteiger partial charge in [0.1, 0.15) is 11.6 Å². The number of hydrogen-bond donors (Lipinski definition) is 2. The van der Waals surface area contributed by atoms with Crippen molar-refractivity contribution in [1.82, 2.24) is 10.6 Å². The fourth-order valence-corrected chi connectivity index (χ4v) is 1.51. The molecule has 0 spiro atoms. The van der Waals surface area contributed by atoms with Crippen LogP contribution in [0.25, 0.3) is 0 Å². The molecule has 0 unspecified atom stereocenters. The maximum Gasteiger partial charge on any atom is 0.263 e. The molecule has 0 aliphatic heterocycles. The highest BCUT2D eigenvalue weighted by molar-refractivity contribution is 6.17. The summed E-state index contributed by atoms with van der Waals surface area (Å²) in [5, 5.41) is 14.5. The van der Waals surface area contributed by atoms with Crippen molar-refractivity contribution in [2.45, 2.75) is 13.0 Å². The molecule has 0 aliphatic rings. The van der Waals surface area contributed by atoms with Crippen LogP contribution in [0.3, 0.4) is 0 Å². The van der Waals surface area contributed by atoms with Crippen LogP contribution in [0.2, 0.25) is 0 Å². The Labute approximate surface area is 118 Å². The smallest absolute Gasteiger partial charge is 0.263 e. The van der Waals surface area contributed by atoms with E-state index in [1.54, 1.807) is 0 Å². The summed E-state index contributed by atoms with van der Waals surface area (Å²) in [5.74, 6) is 0.103. The van der Waals surface area contributed by atoms with Gasteiger partial charge in [0.05, 0.1) is 0 Å². The highest BCUT2D eigenvalue weighted by atomic mass is 35.5. The normalized spacial score (nSPS) is 10.6. The van der Waals surface area contributed by atoms with Crippen LogP contribution in [-0.4, -0.2) is 18.3 Å². The lowest BCUT2D eigenvalue weighted by Gasteiger charge is -2.04. The molecule has 19 heavy (non-hydrogen) atoms. The number of alkyl halides is 1. The Bertz CT molecular complexity index is 465. The van der Waals surface area contributed by atoms with Crippen molar-refractivity contribution >= 4 is 17.5 Å². The molecule has 0 radical (unpaired) electrons. The monoisotopic (exact) mass is 277 g/mol. The lowest BCUT2D eigenvalue weighted by atomic mass is 10.2. The third kappa shape index (κ3) is 5.94. The minimum atomic E-state index is -0.381. The van der Waals surface area contributed by atoms with Gasteiger partial charge in [-0.25, -0.2) is 0 Å². The van der Waals surface area contributed by atoms with Gasteiger partial charge >= 0.3 is 0 Å². The van der Waals surface area contributed by atoms with E-state index in [4.69, 9.17) is 16.9 Å². The van der Waals surface area contributed by atoms with Gasteiger partial charge in [-0.1, -0.05) is 30.3 Å². The second kappa shape index (κ2) is 9.01. The number of amides is 1. The fraction of sp³-hybridized carbons (Fsp3) is 0.286. The van der Waals surface area contributed by atoms with E-state index in [9.17, 15) is 4.79 Å². The number of rotatable bonds is 7. The molecule has 0 aliphatic carbocycles. The van der Waals surface area contributed by atoms with Crippen LogP contribution >= 0.6 is 11.6 Å². The second-order valence-corrected chi connectivity index (χ2v) is 4.21. The molecule has 0 heterocycles. The molecular formula is C14H16ClN3O. The molecular weight excluding hydrogens is 262 g/mol. The molecule has 1 aromatic rings. The summed E-state index contributed by atoms with van der Waals surface area (Å²) in [6, 6.07) is 11.6. The lowest BCUT2D eigenvalue weighted by Crippen LogP contribution is -2.26. The average molecular weight is 278 g/mol. The van der Waals surface area contributed by atoms with Crippen molar-refractivity contribution in [3.05, 3.63) is 47.7 Å². The highest BCUT2D eigenvalue weighted by Crippen LogP contribution is 1.98. The first kappa shape index (κ1) is 15.1.